The Morgan fingerprint density at radius 3 is 2.78 bits per heavy atom. The summed E-state index contributed by atoms with van der Waals surface area (Å²) in [6, 6.07) is 8.07. The molecular weight excluding hydrogens is 360 g/mol. The highest BCUT2D eigenvalue weighted by molar-refractivity contribution is 9.10. The highest BCUT2D eigenvalue weighted by Gasteiger charge is 2.16. The van der Waals surface area contributed by atoms with Crippen molar-refractivity contribution in [2.45, 2.75) is 13.5 Å². The van der Waals surface area contributed by atoms with Crippen molar-refractivity contribution in [3.63, 3.8) is 0 Å². The molecule has 2 aromatic heterocycles. The minimum atomic E-state index is -0.355. The van der Waals surface area contributed by atoms with E-state index in [1.54, 1.807) is 28.9 Å². The number of nitrogens with zero attached hydrogens (tertiary/aromatic N) is 5. The number of halogens is 1. The summed E-state index contributed by atoms with van der Waals surface area (Å²) in [5, 5.41) is 11.0. The van der Waals surface area contributed by atoms with Crippen LogP contribution < -0.4 is 5.32 Å². The maximum atomic E-state index is 12.2. The van der Waals surface area contributed by atoms with Crippen molar-refractivity contribution in [3.8, 4) is 0 Å². The van der Waals surface area contributed by atoms with Crippen LogP contribution in [0.15, 0.2) is 41.3 Å². The molecule has 3 aromatic rings. The normalized spacial score (nSPS) is 10.7. The predicted octanol–water partition coefficient (Wildman–Crippen LogP) is 2.38. The van der Waals surface area contributed by atoms with Gasteiger partial charge in [-0.15, -0.1) is 5.10 Å². The monoisotopic (exact) mass is 374 g/mol. The van der Waals surface area contributed by atoms with E-state index in [2.05, 4.69) is 36.4 Å². The molecule has 3 rings (SSSR count). The number of amides is 1. The second-order valence-corrected chi connectivity index (χ2v) is 6.00. The minimum absolute atomic E-state index is 0.251. The lowest BCUT2D eigenvalue weighted by atomic mass is 10.1. The molecule has 0 fully saturated rings. The van der Waals surface area contributed by atoms with Crippen LogP contribution in [0, 0.1) is 6.92 Å². The molecular formula is C15H15BrN6O. The van der Waals surface area contributed by atoms with Gasteiger partial charge in [0.25, 0.3) is 5.91 Å². The number of benzene rings is 1. The molecule has 0 aliphatic carbocycles. The molecule has 7 nitrogen and oxygen atoms in total. The molecule has 0 radical (unpaired) electrons. The average molecular weight is 375 g/mol. The fourth-order valence-electron chi connectivity index (χ4n) is 2.16. The van der Waals surface area contributed by atoms with Crippen LogP contribution in [-0.4, -0.2) is 30.5 Å². The summed E-state index contributed by atoms with van der Waals surface area (Å²) in [6.45, 7) is 2.65. The van der Waals surface area contributed by atoms with Gasteiger partial charge in [-0.25, -0.2) is 9.67 Å². The van der Waals surface area contributed by atoms with Gasteiger partial charge < -0.3 is 0 Å². The molecule has 0 spiro atoms. The van der Waals surface area contributed by atoms with Gasteiger partial charge in [0.15, 0.2) is 5.69 Å². The quantitative estimate of drug-likeness (QED) is 0.760. The van der Waals surface area contributed by atoms with E-state index in [0.29, 0.717) is 16.7 Å². The van der Waals surface area contributed by atoms with Crippen molar-refractivity contribution < 1.29 is 4.79 Å². The van der Waals surface area contributed by atoms with Gasteiger partial charge in [0, 0.05) is 13.2 Å². The molecule has 0 saturated carbocycles. The maximum absolute atomic E-state index is 12.2. The van der Waals surface area contributed by atoms with Gasteiger partial charge >= 0.3 is 0 Å². The minimum Gasteiger partial charge on any atom is -0.288 e. The number of anilines is 1. The van der Waals surface area contributed by atoms with E-state index in [4.69, 9.17) is 0 Å². The highest BCUT2D eigenvalue weighted by atomic mass is 79.9. The molecule has 0 unspecified atom stereocenters. The van der Waals surface area contributed by atoms with E-state index in [1.807, 2.05) is 31.2 Å². The molecule has 0 bridgehead atoms. The van der Waals surface area contributed by atoms with Crippen molar-refractivity contribution in [2.75, 3.05) is 5.32 Å². The smallest absolute Gasteiger partial charge is 0.279 e. The van der Waals surface area contributed by atoms with Crippen LogP contribution in [0.4, 0.5) is 5.95 Å². The SMILES string of the molecule is Cc1ccccc1Cn1cnc(NC(=O)c2nn(C)cc2Br)n1. The summed E-state index contributed by atoms with van der Waals surface area (Å²) in [4.78, 5) is 16.3. The summed E-state index contributed by atoms with van der Waals surface area (Å²) in [7, 11) is 1.75. The van der Waals surface area contributed by atoms with Crippen LogP contribution in [0.2, 0.25) is 0 Å². The van der Waals surface area contributed by atoms with Crippen molar-refractivity contribution >= 4 is 27.8 Å². The fraction of sp³-hybridized carbons (Fsp3) is 0.200. The lowest BCUT2D eigenvalue weighted by molar-refractivity contribution is 0.102. The van der Waals surface area contributed by atoms with Gasteiger partial charge in [0.05, 0.1) is 11.0 Å². The van der Waals surface area contributed by atoms with Crippen molar-refractivity contribution in [1.82, 2.24) is 24.5 Å². The Kier molecular flexibility index (Phi) is 4.24. The van der Waals surface area contributed by atoms with Crippen LogP contribution in [0.25, 0.3) is 0 Å². The van der Waals surface area contributed by atoms with Crippen LogP contribution in [0.1, 0.15) is 21.6 Å². The summed E-state index contributed by atoms with van der Waals surface area (Å²) in [5.74, 6) is -0.104. The van der Waals surface area contributed by atoms with Crippen LogP contribution in [0.5, 0.6) is 0 Å². The van der Waals surface area contributed by atoms with E-state index in [0.717, 1.165) is 5.56 Å². The first-order valence-electron chi connectivity index (χ1n) is 6.97. The Balaban J connectivity index is 1.71. The van der Waals surface area contributed by atoms with Crippen LogP contribution >= 0.6 is 15.9 Å². The molecule has 118 valence electrons. The first-order valence-corrected chi connectivity index (χ1v) is 7.76. The first kappa shape index (κ1) is 15.4. The molecule has 1 aromatic carbocycles. The van der Waals surface area contributed by atoms with E-state index in [9.17, 15) is 4.79 Å². The van der Waals surface area contributed by atoms with Gasteiger partial charge in [0.2, 0.25) is 5.95 Å². The lowest BCUT2D eigenvalue weighted by Gasteiger charge is -2.04. The molecule has 23 heavy (non-hydrogen) atoms. The first-order chi connectivity index (χ1) is 11.0. The van der Waals surface area contributed by atoms with E-state index in [1.165, 1.54) is 5.56 Å². The zero-order valence-corrected chi connectivity index (χ0v) is 14.3. The largest absolute Gasteiger partial charge is 0.288 e. The Morgan fingerprint density at radius 2 is 2.09 bits per heavy atom. The average Bonchev–Trinajstić information content (AvgIpc) is 3.07. The zero-order valence-electron chi connectivity index (χ0n) is 12.7. The van der Waals surface area contributed by atoms with Crippen molar-refractivity contribution in [1.29, 1.82) is 0 Å². The zero-order chi connectivity index (χ0) is 16.4. The van der Waals surface area contributed by atoms with Gasteiger partial charge in [-0.05, 0) is 34.0 Å². The number of rotatable bonds is 4. The van der Waals surface area contributed by atoms with Crippen LogP contribution in [0.3, 0.4) is 0 Å². The highest BCUT2D eigenvalue weighted by Crippen LogP contribution is 2.15. The van der Waals surface area contributed by atoms with E-state index >= 15 is 0 Å². The Labute approximate surface area is 141 Å². The lowest BCUT2D eigenvalue weighted by Crippen LogP contribution is -2.15. The van der Waals surface area contributed by atoms with Crippen molar-refractivity contribution in [3.05, 3.63) is 58.1 Å². The third-order valence-electron chi connectivity index (χ3n) is 3.35. The molecule has 1 N–H and O–H groups in total. The van der Waals surface area contributed by atoms with Crippen molar-refractivity contribution in [2.24, 2.45) is 7.05 Å². The maximum Gasteiger partial charge on any atom is 0.279 e. The van der Waals surface area contributed by atoms with Gasteiger partial charge in [-0.3, -0.25) is 14.8 Å². The van der Waals surface area contributed by atoms with Gasteiger partial charge in [0.1, 0.15) is 6.33 Å². The number of nitrogens with one attached hydrogen (secondary N) is 1. The Hall–Kier alpha value is -2.48. The number of hydrogen-bond donors (Lipinski definition) is 1. The van der Waals surface area contributed by atoms with Crippen LogP contribution in [-0.2, 0) is 13.6 Å². The fourth-order valence-corrected chi connectivity index (χ4v) is 2.72. The number of aromatic nitrogens is 5. The molecule has 0 saturated heterocycles. The Morgan fingerprint density at radius 1 is 1.30 bits per heavy atom. The molecule has 0 atom stereocenters. The third kappa shape index (κ3) is 3.48. The Bertz CT molecular complexity index is 853. The molecule has 0 aliphatic rings. The topological polar surface area (TPSA) is 77.6 Å². The van der Waals surface area contributed by atoms with Gasteiger partial charge in [-0.1, -0.05) is 24.3 Å². The third-order valence-corrected chi connectivity index (χ3v) is 3.93. The van der Waals surface area contributed by atoms with Gasteiger partial charge in [-0.2, -0.15) is 5.10 Å². The number of aryl methyl sites for hydroxylation is 2. The molecule has 8 heteroatoms. The number of carbonyl (C=O) groups is 1. The standard InChI is InChI=1S/C15H15BrN6O/c1-10-5-3-4-6-11(10)7-22-9-17-15(20-22)18-14(23)13-12(16)8-21(2)19-13/h3-6,8-9H,7H2,1-2H3,(H,18,20,23). The summed E-state index contributed by atoms with van der Waals surface area (Å²) in [5.41, 5.74) is 2.64. The molecule has 2 heterocycles. The van der Waals surface area contributed by atoms with E-state index in [-0.39, 0.29) is 11.9 Å². The second kappa shape index (κ2) is 6.33. The molecule has 1 amide bonds. The predicted molar refractivity (Wildman–Crippen MR) is 89.2 cm³/mol. The summed E-state index contributed by atoms with van der Waals surface area (Å²) < 4.78 is 3.87. The number of hydrogen-bond acceptors (Lipinski definition) is 4. The second-order valence-electron chi connectivity index (χ2n) is 5.15. The summed E-state index contributed by atoms with van der Waals surface area (Å²) >= 11 is 3.30. The molecule has 0 aliphatic heterocycles. The number of carbonyl (C=O) groups excluding carboxylic acids is 1. The van der Waals surface area contributed by atoms with E-state index < -0.39 is 0 Å². The summed E-state index contributed by atoms with van der Waals surface area (Å²) in [6.07, 6.45) is 3.30.